The lowest BCUT2D eigenvalue weighted by atomic mass is 10.1. The van der Waals surface area contributed by atoms with Gasteiger partial charge in [-0.05, 0) is 35.9 Å². The van der Waals surface area contributed by atoms with Gasteiger partial charge in [0.05, 0.1) is 11.0 Å². The largest absolute Gasteiger partial charge is 0.573 e. The molecule has 0 spiro atoms. The third kappa shape index (κ3) is 3.36. The van der Waals surface area contributed by atoms with Crippen molar-refractivity contribution in [1.82, 2.24) is 9.97 Å². The predicted molar refractivity (Wildman–Crippen MR) is 72.0 cm³/mol. The van der Waals surface area contributed by atoms with Crippen LogP contribution in [0, 0.1) is 5.82 Å². The van der Waals surface area contributed by atoms with E-state index in [1.54, 1.807) is 6.07 Å². The molecule has 3 rings (SSSR count). The Balaban J connectivity index is 1.77. The summed E-state index contributed by atoms with van der Waals surface area (Å²) in [5.41, 5.74) is 1.97. The van der Waals surface area contributed by atoms with Gasteiger partial charge in [0.2, 0.25) is 0 Å². The maximum Gasteiger partial charge on any atom is 0.573 e. The van der Waals surface area contributed by atoms with Crippen LogP contribution in [-0.4, -0.2) is 16.3 Å². The van der Waals surface area contributed by atoms with E-state index in [1.165, 1.54) is 36.4 Å². The quantitative estimate of drug-likeness (QED) is 0.737. The average molecular weight is 310 g/mol. The number of fused-ring (bicyclic) bond motifs is 1. The molecule has 0 saturated carbocycles. The van der Waals surface area contributed by atoms with Gasteiger partial charge in [-0.1, -0.05) is 12.1 Å². The van der Waals surface area contributed by atoms with Gasteiger partial charge in [0.1, 0.15) is 17.4 Å². The van der Waals surface area contributed by atoms with Crippen molar-refractivity contribution >= 4 is 11.0 Å². The Kier molecular flexibility index (Phi) is 3.48. The molecule has 0 atom stereocenters. The van der Waals surface area contributed by atoms with E-state index >= 15 is 0 Å². The summed E-state index contributed by atoms with van der Waals surface area (Å²) >= 11 is 0. The van der Waals surface area contributed by atoms with E-state index in [0.717, 1.165) is 5.56 Å². The molecule has 0 fully saturated rings. The Morgan fingerprint density at radius 2 is 1.77 bits per heavy atom. The van der Waals surface area contributed by atoms with Gasteiger partial charge in [0.15, 0.2) is 0 Å². The summed E-state index contributed by atoms with van der Waals surface area (Å²) < 4.78 is 53.1. The number of nitrogens with zero attached hydrogens (tertiary/aromatic N) is 1. The van der Waals surface area contributed by atoms with Crippen LogP contribution >= 0.6 is 0 Å². The molecule has 1 aromatic heterocycles. The summed E-state index contributed by atoms with van der Waals surface area (Å²) in [6.07, 6.45) is -4.31. The van der Waals surface area contributed by atoms with Gasteiger partial charge < -0.3 is 9.72 Å². The predicted octanol–water partition coefficient (Wildman–Crippen LogP) is 4.19. The topological polar surface area (TPSA) is 37.9 Å². The van der Waals surface area contributed by atoms with E-state index in [-0.39, 0.29) is 11.6 Å². The van der Waals surface area contributed by atoms with Crippen molar-refractivity contribution in [2.24, 2.45) is 0 Å². The molecule has 0 aliphatic heterocycles. The number of hydrogen-bond acceptors (Lipinski definition) is 2. The lowest BCUT2D eigenvalue weighted by Crippen LogP contribution is -2.17. The summed E-state index contributed by atoms with van der Waals surface area (Å²) in [5.74, 6) is -0.0376. The summed E-state index contributed by atoms with van der Waals surface area (Å²) in [4.78, 5) is 7.27. The minimum Gasteiger partial charge on any atom is -0.406 e. The molecule has 0 unspecified atom stereocenters. The van der Waals surface area contributed by atoms with Crippen molar-refractivity contribution in [2.45, 2.75) is 12.8 Å². The van der Waals surface area contributed by atoms with Crippen LogP contribution in [0.5, 0.6) is 5.75 Å². The Morgan fingerprint density at radius 3 is 2.45 bits per heavy atom. The fourth-order valence-corrected chi connectivity index (χ4v) is 2.12. The Labute approximate surface area is 122 Å². The molecule has 0 radical (unpaired) electrons. The van der Waals surface area contributed by atoms with Gasteiger partial charge in [0.25, 0.3) is 0 Å². The molecule has 1 N–H and O–H groups in total. The van der Waals surface area contributed by atoms with Crippen LogP contribution in [0.3, 0.4) is 0 Å². The smallest absolute Gasteiger partial charge is 0.406 e. The standard InChI is InChI=1S/C15H10F4N2O/c16-10-3-6-12-13(8-10)21-14(20-12)7-9-1-4-11(5-2-9)22-15(17,18)19/h1-6,8H,7H2,(H,20,21). The van der Waals surface area contributed by atoms with Crippen LogP contribution in [0.2, 0.25) is 0 Å². The van der Waals surface area contributed by atoms with E-state index in [9.17, 15) is 17.6 Å². The zero-order valence-electron chi connectivity index (χ0n) is 11.1. The monoisotopic (exact) mass is 310 g/mol. The van der Waals surface area contributed by atoms with Crippen molar-refractivity contribution in [3.8, 4) is 5.75 Å². The van der Waals surface area contributed by atoms with E-state index in [2.05, 4.69) is 14.7 Å². The second-order valence-electron chi connectivity index (χ2n) is 4.71. The fraction of sp³-hybridized carbons (Fsp3) is 0.133. The summed E-state index contributed by atoms with van der Waals surface area (Å²) in [6, 6.07) is 9.74. The van der Waals surface area contributed by atoms with Gasteiger partial charge >= 0.3 is 6.36 Å². The average Bonchev–Trinajstić information content (AvgIpc) is 2.80. The fourth-order valence-electron chi connectivity index (χ4n) is 2.12. The van der Waals surface area contributed by atoms with Crippen molar-refractivity contribution in [1.29, 1.82) is 0 Å². The molecule has 1 heterocycles. The Hall–Kier alpha value is -2.57. The molecule has 3 aromatic rings. The number of ether oxygens (including phenoxy) is 1. The zero-order valence-corrected chi connectivity index (χ0v) is 11.1. The second kappa shape index (κ2) is 5.32. The molecular formula is C15H10F4N2O. The number of nitrogens with one attached hydrogen (secondary N) is 1. The number of aromatic nitrogens is 2. The number of imidazole rings is 1. The third-order valence-electron chi connectivity index (χ3n) is 3.02. The first-order valence-electron chi connectivity index (χ1n) is 6.38. The van der Waals surface area contributed by atoms with Gasteiger partial charge in [0, 0.05) is 6.42 Å². The van der Waals surface area contributed by atoms with Crippen LogP contribution < -0.4 is 4.74 Å². The van der Waals surface area contributed by atoms with Crippen LogP contribution in [0.1, 0.15) is 11.4 Å². The number of H-pyrrole nitrogens is 1. The second-order valence-corrected chi connectivity index (χ2v) is 4.71. The third-order valence-corrected chi connectivity index (χ3v) is 3.02. The molecule has 0 bridgehead atoms. The van der Waals surface area contributed by atoms with Crippen LogP contribution in [0.15, 0.2) is 42.5 Å². The summed E-state index contributed by atoms with van der Waals surface area (Å²) in [6.45, 7) is 0. The molecule has 2 aromatic carbocycles. The van der Waals surface area contributed by atoms with Crippen LogP contribution in [-0.2, 0) is 6.42 Å². The van der Waals surface area contributed by atoms with Crippen molar-refractivity contribution in [3.05, 3.63) is 59.7 Å². The number of hydrogen-bond donors (Lipinski definition) is 1. The first-order valence-corrected chi connectivity index (χ1v) is 6.38. The highest BCUT2D eigenvalue weighted by atomic mass is 19.4. The van der Waals surface area contributed by atoms with Crippen molar-refractivity contribution < 1.29 is 22.3 Å². The number of benzene rings is 2. The normalized spacial score (nSPS) is 11.8. The first kappa shape index (κ1) is 14.4. The highest BCUT2D eigenvalue weighted by Gasteiger charge is 2.30. The Bertz CT molecular complexity index is 793. The maximum atomic E-state index is 13.1. The number of alkyl halides is 3. The zero-order chi connectivity index (χ0) is 15.7. The van der Waals surface area contributed by atoms with E-state index < -0.39 is 6.36 Å². The Morgan fingerprint density at radius 1 is 1.05 bits per heavy atom. The molecule has 114 valence electrons. The van der Waals surface area contributed by atoms with Gasteiger partial charge in [-0.15, -0.1) is 13.2 Å². The first-order chi connectivity index (χ1) is 10.4. The molecule has 22 heavy (non-hydrogen) atoms. The SMILES string of the molecule is Fc1ccc2nc(Cc3ccc(OC(F)(F)F)cc3)[nH]c2c1. The highest BCUT2D eigenvalue weighted by Crippen LogP contribution is 2.23. The van der Waals surface area contributed by atoms with Crippen LogP contribution in [0.25, 0.3) is 11.0 Å². The molecule has 0 aliphatic carbocycles. The molecule has 3 nitrogen and oxygen atoms in total. The minimum absolute atomic E-state index is 0.275. The molecular weight excluding hydrogens is 300 g/mol. The number of halogens is 4. The lowest BCUT2D eigenvalue weighted by Gasteiger charge is -2.08. The summed E-state index contributed by atoms with van der Waals surface area (Å²) in [5, 5.41) is 0. The minimum atomic E-state index is -4.70. The van der Waals surface area contributed by atoms with E-state index in [4.69, 9.17) is 0 Å². The van der Waals surface area contributed by atoms with Gasteiger partial charge in [-0.3, -0.25) is 0 Å². The number of rotatable bonds is 3. The lowest BCUT2D eigenvalue weighted by molar-refractivity contribution is -0.274. The van der Waals surface area contributed by atoms with Gasteiger partial charge in [-0.2, -0.15) is 0 Å². The van der Waals surface area contributed by atoms with Crippen molar-refractivity contribution in [2.75, 3.05) is 0 Å². The van der Waals surface area contributed by atoms with E-state index in [1.807, 2.05) is 0 Å². The van der Waals surface area contributed by atoms with E-state index in [0.29, 0.717) is 23.3 Å². The summed E-state index contributed by atoms with van der Waals surface area (Å²) in [7, 11) is 0. The maximum absolute atomic E-state index is 13.1. The van der Waals surface area contributed by atoms with Crippen LogP contribution in [0.4, 0.5) is 17.6 Å². The number of aromatic amines is 1. The molecule has 7 heteroatoms. The highest BCUT2D eigenvalue weighted by molar-refractivity contribution is 5.75. The molecule has 0 aliphatic rings. The molecule has 0 saturated heterocycles. The van der Waals surface area contributed by atoms with Gasteiger partial charge in [-0.25, -0.2) is 9.37 Å². The van der Waals surface area contributed by atoms with Crippen molar-refractivity contribution in [3.63, 3.8) is 0 Å². The molecule has 0 amide bonds.